The highest BCUT2D eigenvalue weighted by molar-refractivity contribution is 5.93. The number of ketones is 1. The highest BCUT2D eigenvalue weighted by atomic mass is 16.3. The summed E-state index contributed by atoms with van der Waals surface area (Å²) in [6, 6.07) is -9.34. The third-order valence-electron chi connectivity index (χ3n) is 4.18. The van der Waals surface area contributed by atoms with Crippen molar-refractivity contribution in [2.24, 2.45) is 11.8 Å². The number of aliphatic hydroxyl groups is 1. The van der Waals surface area contributed by atoms with Crippen LogP contribution in [-0.4, -0.2) is 46.8 Å². The standard InChI is InChI=1S/C21H30N2O4/c1-12(2)19(25)17(24)10-13(3)20(26)22-18-16-9-7-6-8-15(16)11-14(4)23(5)21(18)27/h6-9,12-14,18-19,25H,10-11H2,1-5H3,(H,22,26)/t13-,14?,18+,19+/m1/s1/i1D3,6D,7D,8D,9D,11D2,12D,14D,18D/t12?,13-,14?,18+,19+. The second-order valence-electron chi connectivity index (χ2n) is 6.35. The molecule has 0 saturated heterocycles. The van der Waals surface area contributed by atoms with Crippen molar-refractivity contribution in [2.45, 2.75) is 58.6 Å². The van der Waals surface area contributed by atoms with Crippen LogP contribution < -0.4 is 5.32 Å². The summed E-state index contributed by atoms with van der Waals surface area (Å²) in [6.07, 6.45) is -6.11. The minimum absolute atomic E-state index is 0.494. The fraction of sp³-hybridized carbons (Fsp3) is 0.571. The van der Waals surface area contributed by atoms with Gasteiger partial charge in [0.15, 0.2) is 5.78 Å². The van der Waals surface area contributed by atoms with Crippen molar-refractivity contribution >= 4 is 17.6 Å². The number of hydrogen-bond donors (Lipinski definition) is 2. The third kappa shape index (κ3) is 4.75. The Kier molecular flexibility index (Phi) is 3.15. The molecule has 0 fully saturated rings. The number of carbonyl (C=O) groups excluding carboxylic acids is 3. The molecule has 0 aliphatic carbocycles. The molecule has 0 aromatic heterocycles. The number of fused-ring (bicyclic) bond motifs is 1. The van der Waals surface area contributed by atoms with Gasteiger partial charge in [-0.05, 0) is 30.3 Å². The van der Waals surface area contributed by atoms with Crippen molar-refractivity contribution in [1.29, 1.82) is 0 Å². The number of likely N-dealkylation sites (N-methyl/N-ethyl adjacent to an activating group) is 1. The number of nitrogens with one attached hydrogen (secondary N) is 1. The Morgan fingerprint density at radius 2 is 2.19 bits per heavy atom. The Balaban J connectivity index is 2.64. The first-order valence-corrected chi connectivity index (χ1v) is 8.22. The van der Waals surface area contributed by atoms with Crippen LogP contribution in [-0.2, 0) is 20.8 Å². The smallest absolute Gasteiger partial charge is 0.249 e. The van der Waals surface area contributed by atoms with E-state index in [1.54, 1.807) is 0 Å². The summed E-state index contributed by atoms with van der Waals surface area (Å²) in [5.41, 5.74) is -1.79. The number of hydrogen-bond acceptors (Lipinski definition) is 4. The van der Waals surface area contributed by atoms with Gasteiger partial charge in [-0.25, -0.2) is 0 Å². The molecule has 5 atom stereocenters. The zero-order valence-electron chi connectivity index (χ0n) is 27.5. The second kappa shape index (κ2) is 8.65. The lowest BCUT2D eigenvalue weighted by Crippen LogP contribution is -2.44. The summed E-state index contributed by atoms with van der Waals surface area (Å²) in [6.45, 7) is -0.123. The molecule has 1 aliphatic rings. The highest BCUT2D eigenvalue weighted by Crippen LogP contribution is 2.27. The SMILES string of the molecule is [2H]c1c([2H])c([2H])c2c(c1[2H])C([2H])([2H])C([2H])(C)N(C)C(=O)[C@@]2([2H])NC(=O)[C@H](C)CC(=O)[C@@H](O)C([2H])(C)C([2H])([2H])[2H]. The van der Waals surface area contributed by atoms with E-state index >= 15 is 0 Å². The minimum Gasteiger partial charge on any atom is -0.385 e. The van der Waals surface area contributed by atoms with E-state index in [9.17, 15) is 19.5 Å². The summed E-state index contributed by atoms with van der Waals surface area (Å²) in [7, 11) is 0.970. The van der Waals surface area contributed by atoms with Crippen LogP contribution in [0, 0.1) is 11.8 Å². The molecule has 1 aromatic carbocycles. The van der Waals surface area contributed by atoms with Gasteiger partial charge in [0.1, 0.15) is 12.1 Å². The zero-order chi connectivity index (χ0) is 30.8. The second-order valence-corrected chi connectivity index (χ2v) is 6.35. The van der Waals surface area contributed by atoms with Gasteiger partial charge < -0.3 is 15.3 Å². The Labute approximate surface area is 177 Å². The van der Waals surface area contributed by atoms with Crippen molar-refractivity contribution < 1.29 is 35.9 Å². The molecule has 6 heteroatoms. The fourth-order valence-electron chi connectivity index (χ4n) is 2.40. The first-order valence-electron chi connectivity index (χ1n) is 14.2. The zero-order valence-corrected chi connectivity index (χ0v) is 15.5. The number of amides is 2. The van der Waals surface area contributed by atoms with Gasteiger partial charge in [0, 0.05) is 33.6 Å². The molecule has 2 N–H and O–H groups in total. The maximum Gasteiger partial charge on any atom is 0.249 e. The molecule has 148 valence electrons. The van der Waals surface area contributed by atoms with Gasteiger partial charge in [0.05, 0.1) is 8.22 Å². The molecule has 6 nitrogen and oxygen atoms in total. The maximum absolute atomic E-state index is 13.5. The fourth-order valence-corrected chi connectivity index (χ4v) is 2.40. The molecule has 0 radical (unpaired) electrons. The van der Waals surface area contributed by atoms with Crippen LogP contribution in [0.3, 0.4) is 0 Å². The van der Waals surface area contributed by atoms with Crippen LogP contribution in [0.5, 0.6) is 0 Å². The van der Waals surface area contributed by atoms with Crippen LogP contribution in [0.4, 0.5) is 0 Å². The monoisotopic (exact) mass is 386 g/mol. The Bertz CT molecular complexity index is 1220. The summed E-state index contributed by atoms with van der Waals surface area (Å²) >= 11 is 0. The Morgan fingerprint density at radius 1 is 1.52 bits per heavy atom. The summed E-state index contributed by atoms with van der Waals surface area (Å²) in [4.78, 5) is 39.7. The van der Waals surface area contributed by atoms with Gasteiger partial charge in [-0.15, -0.1) is 0 Å². The lowest BCUT2D eigenvalue weighted by atomic mass is 9.94. The number of rotatable bonds is 6. The molecular weight excluding hydrogens is 344 g/mol. The van der Waals surface area contributed by atoms with Gasteiger partial charge in [-0.3, -0.25) is 14.4 Å². The largest absolute Gasteiger partial charge is 0.385 e. The van der Waals surface area contributed by atoms with Crippen molar-refractivity contribution in [3.63, 3.8) is 0 Å². The van der Waals surface area contributed by atoms with E-state index in [1.807, 2.05) is 5.32 Å². The van der Waals surface area contributed by atoms with Crippen LogP contribution in [0.1, 0.15) is 67.6 Å². The van der Waals surface area contributed by atoms with E-state index in [0.29, 0.717) is 4.90 Å². The number of aliphatic hydroxyl groups excluding tert-OH is 1. The average Bonchev–Trinajstić information content (AvgIpc) is 2.83. The summed E-state index contributed by atoms with van der Waals surface area (Å²) in [5, 5.41) is 12.2. The van der Waals surface area contributed by atoms with Gasteiger partial charge >= 0.3 is 0 Å². The Morgan fingerprint density at radius 3 is 2.85 bits per heavy atom. The van der Waals surface area contributed by atoms with Gasteiger partial charge in [0.25, 0.3) is 0 Å². The van der Waals surface area contributed by atoms with E-state index in [4.69, 9.17) is 16.4 Å². The number of benzene rings is 1. The quantitative estimate of drug-likeness (QED) is 0.781. The molecule has 0 bridgehead atoms. The average molecular weight is 387 g/mol. The first-order chi connectivity index (χ1) is 17.3. The predicted octanol–water partition coefficient (Wildman–Crippen LogP) is 1.86. The van der Waals surface area contributed by atoms with Crippen LogP contribution in [0.25, 0.3) is 0 Å². The first kappa shape index (κ1) is 9.82. The molecular formula is C21H30N2O4. The lowest BCUT2D eigenvalue weighted by molar-refractivity contribution is -0.138. The van der Waals surface area contributed by atoms with Crippen molar-refractivity contribution in [2.75, 3.05) is 7.05 Å². The summed E-state index contributed by atoms with van der Waals surface area (Å²) in [5.74, 6) is -7.85. The predicted molar refractivity (Wildman–Crippen MR) is 103 cm³/mol. The maximum atomic E-state index is 13.5. The minimum atomic E-state index is -3.08. The highest BCUT2D eigenvalue weighted by Gasteiger charge is 2.34. The molecule has 1 aromatic rings. The number of Topliss-reactive ketones (excluding diaryl/α,β-unsaturated/α-hetero) is 1. The van der Waals surface area contributed by atoms with E-state index in [1.165, 1.54) is 0 Å². The Hall–Kier alpha value is -2.21. The number of nitrogens with zero attached hydrogens (tertiary/aromatic N) is 1. The normalized spacial score (nSPS) is 38.4. The van der Waals surface area contributed by atoms with Crippen molar-refractivity contribution in [1.82, 2.24) is 10.2 Å². The van der Waals surface area contributed by atoms with Crippen molar-refractivity contribution in [3.05, 3.63) is 35.3 Å². The summed E-state index contributed by atoms with van der Waals surface area (Å²) < 4.78 is 97.2. The molecule has 1 aliphatic heterocycles. The van der Waals surface area contributed by atoms with E-state index in [2.05, 4.69) is 0 Å². The van der Waals surface area contributed by atoms with E-state index in [0.717, 1.165) is 27.8 Å². The van der Waals surface area contributed by atoms with Crippen LogP contribution >= 0.6 is 0 Å². The van der Waals surface area contributed by atoms with E-state index < -0.39 is 102 Å². The van der Waals surface area contributed by atoms with Gasteiger partial charge in [-0.1, -0.05) is 44.9 Å². The molecule has 27 heavy (non-hydrogen) atoms. The number of carbonyl (C=O) groups is 3. The molecule has 0 saturated carbocycles. The van der Waals surface area contributed by atoms with E-state index in [-0.39, 0.29) is 0 Å². The van der Waals surface area contributed by atoms with Gasteiger partial charge in [-0.2, -0.15) is 0 Å². The van der Waals surface area contributed by atoms with Crippen LogP contribution in [0.15, 0.2) is 24.2 Å². The molecule has 2 amide bonds. The van der Waals surface area contributed by atoms with Gasteiger partial charge in [0.2, 0.25) is 11.8 Å². The molecule has 1 heterocycles. The lowest BCUT2D eigenvalue weighted by Gasteiger charge is -2.26. The molecule has 0 spiro atoms. The topological polar surface area (TPSA) is 86.7 Å². The molecule has 2 unspecified atom stereocenters. The molecule has 2 rings (SSSR count). The van der Waals surface area contributed by atoms with Crippen molar-refractivity contribution in [3.8, 4) is 0 Å². The third-order valence-corrected chi connectivity index (χ3v) is 4.18. The van der Waals surface area contributed by atoms with Crippen LogP contribution in [0.2, 0.25) is 0 Å².